The second-order valence-electron chi connectivity index (χ2n) is 9.40. The Hall–Kier alpha value is -2.09. The summed E-state index contributed by atoms with van der Waals surface area (Å²) in [5.41, 5.74) is 1.51. The Morgan fingerprint density at radius 2 is 1.79 bits per heavy atom. The largest absolute Gasteiger partial charge is 0.355 e. The Morgan fingerprint density at radius 1 is 1.09 bits per heavy atom. The Morgan fingerprint density at radius 3 is 2.48 bits per heavy atom. The molecule has 0 radical (unpaired) electrons. The summed E-state index contributed by atoms with van der Waals surface area (Å²) in [6.07, 6.45) is 1.71. The van der Waals surface area contributed by atoms with Crippen molar-refractivity contribution in [3.05, 3.63) is 35.0 Å². The number of hydrogen-bond acceptors (Lipinski definition) is 4. The summed E-state index contributed by atoms with van der Waals surface area (Å²) in [5.74, 6) is 0.429. The van der Waals surface area contributed by atoms with Crippen LogP contribution in [0.25, 0.3) is 10.9 Å². The van der Waals surface area contributed by atoms with Gasteiger partial charge in [-0.3, -0.25) is 14.5 Å². The van der Waals surface area contributed by atoms with E-state index in [0.29, 0.717) is 36.3 Å². The highest BCUT2D eigenvalue weighted by Crippen LogP contribution is 2.27. The Balaban J connectivity index is 1.20. The second kappa shape index (κ2) is 10.9. The van der Waals surface area contributed by atoms with E-state index in [1.807, 2.05) is 36.1 Å². The van der Waals surface area contributed by atoms with E-state index in [-0.39, 0.29) is 17.7 Å². The maximum atomic E-state index is 13.0. The number of piperidine rings is 1. The Labute approximate surface area is 201 Å². The molecule has 3 heterocycles. The summed E-state index contributed by atoms with van der Waals surface area (Å²) in [7, 11) is 0. The molecule has 1 aromatic carbocycles. The summed E-state index contributed by atoms with van der Waals surface area (Å²) >= 11 is 6.06. The van der Waals surface area contributed by atoms with Gasteiger partial charge in [-0.05, 0) is 49.6 Å². The SMILES string of the molecule is CCN1CCN(CCNC(=O)[C@@H](C)C2CCN(C(=O)c3cc4cc(Cl)ccc4[nH]3)CC2)CC1. The number of fused-ring (bicyclic) bond motifs is 1. The van der Waals surface area contributed by atoms with Crippen LogP contribution in [0.1, 0.15) is 37.2 Å². The minimum Gasteiger partial charge on any atom is -0.355 e. The third-order valence-corrected chi connectivity index (χ3v) is 7.64. The third-order valence-electron chi connectivity index (χ3n) is 7.40. The van der Waals surface area contributed by atoms with Gasteiger partial charge < -0.3 is 20.1 Å². The molecule has 2 aliphatic heterocycles. The van der Waals surface area contributed by atoms with Gasteiger partial charge >= 0.3 is 0 Å². The molecule has 33 heavy (non-hydrogen) atoms. The standard InChI is InChI=1S/C25H36ClN5O2/c1-3-29-12-14-30(15-13-29)11-8-27-24(32)18(2)19-6-9-31(10-7-19)25(33)23-17-20-16-21(26)4-5-22(20)28-23/h4-5,16-19,28H,3,6-15H2,1-2H3,(H,27,32)/t18-/m0/s1. The highest BCUT2D eigenvalue weighted by molar-refractivity contribution is 6.31. The van der Waals surface area contributed by atoms with Crippen LogP contribution in [0.4, 0.5) is 0 Å². The maximum absolute atomic E-state index is 13.0. The number of nitrogens with one attached hydrogen (secondary N) is 2. The topological polar surface area (TPSA) is 71.7 Å². The molecule has 2 saturated heterocycles. The number of aromatic nitrogens is 1. The fourth-order valence-electron chi connectivity index (χ4n) is 5.03. The van der Waals surface area contributed by atoms with E-state index in [1.54, 1.807) is 0 Å². The van der Waals surface area contributed by atoms with Gasteiger partial charge in [-0.2, -0.15) is 0 Å². The normalized spacial score (nSPS) is 19.7. The highest BCUT2D eigenvalue weighted by Gasteiger charge is 2.30. The van der Waals surface area contributed by atoms with Crippen molar-refractivity contribution in [1.29, 1.82) is 0 Å². The lowest BCUT2D eigenvalue weighted by Crippen LogP contribution is -2.48. The van der Waals surface area contributed by atoms with Crippen molar-refractivity contribution >= 4 is 34.3 Å². The first-order chi connectivity index (χ1) is 15.9. The van der Waals surface area contributed by atoms with Gasteiger partial charge in [0.1, 0.15) is 5.69 Å². The van der Waals surface area contributed by atoms with Crippen molar-refractivity contribution in [3.63, 3.8) is 0 Å². The van der Waals surface area contributed by atoms with Crippen molar-refractivity contribution in [2.45, 2.75) is 26.7 Å². The number of halogens is 1. The van der Waals surface area contributed by atoms with Crippen LogP contribution in [-0.4, -0.2) is 90.4 Å². The molecule has 1 atom stereocenters. The predicted octanol–water partition coefficient (Wildman–Crippen LogP) is 3.06. The molecular weight excluding hydrogens is 438 g/mol. The van der Waals surface area contributed by atoms with E-state index in [4.69, 9.17) is 11.6 Å². The van der Waals surface area contributed by atoms with Crippen molar-refractivity contribution in [2.75, 3.05) is 58.9 Å². The molecule has 4 rings (SSSR count). The van der Waals surface area contributed by atoms with Crippen LogP contribution < -0.4 is 5.32 Å². The van der Waals surface area contributed by atoms with Crippen LogP contribution in [0, 0.1) is 11.8 Å². The molecule has 2 aliphatic rings. The van der Waals surface area contributed by atoms with Gasteiger partial charge in [0.25, 0.3) is 5.91 Å². The molecule has 7 nitrogen and oxygen atoms in total. The van der Waals surface area contributed by atoms with Crippen LogP contribution >= 0.6 is 11.6 Å². The second-order valence-corrected chi connectivity index (χ2v) is 9.84. The monoisotopic (exact) mass is 473 g/mol. The first kappa shape index (κ1) is 24.0. The quantitative estimate of drug-likeness (QED) is 0.648. The number of carbonyl (C=O) groups excluding carboxylic acids is 2. The first-order valence-electron chi connectivity index (χ1n) is 12.2. The maximum Gasteiger partial charge on any atom is 0.270 e. The summed E-state index contributed by atoms with van der Waals surface area (Å²) in [6.45, 7) is 12.7. The number of amides is 2. The zero-order chi connectivity index (χ0) is 23.4. The fraction of sp³-hybridized carbons (Fsp3) is 0.600. The van der Waals surface area contributed by atoms with Gasteiger partial charge in [0, 0.05) is 74.2 Å². The molecule has 180 valence electrons. The number of likely N-dealkylation sites (tertiary alicyclic amines) is 1. The smallest absolute Gasteiger partial charge is 0.270 e. The minimum absolute atomic E-state index is 0.0149. The van der Waals surface area contributed by atoms with E-state index in [9.17, 15) is 9.59 Å². The minimum atomic E-state index is -0.0330. The number of rotatable bonds is 7. The van der Waals surface area contributed by atoms with E-state index >= 15 is 0 Å². The van der Waals surface area contributed by atoms with E-state index < -0.39 is 0 Å². The van der Waals surface area contributed by atoms with Gasteiger partial charge in [-0.25, -0.2) is 0 Å². The van der Waals surface area contributed by atoms with Crippen molar-refractivity contribution in [1.82, 2.24) is 25.0 Å². The zero-order valence-electron chi connectivity index (χ0n) is 19.8. The molecule has 8 heteroatoms. The van der Waals surface area contributed by atoms with Crippen molar-refractivity contribution in [2.24, 2.45) is 11.8 Å². The molecule has 2 amide bonds. The van der Waals surface area contributed by atoms with E-state index in [2.05, 4.69) is 27.0 Å². The van der Waals surface area contributed by atoms with E-state index in [1.165, 1.54) is 0 Å². The molecule has 0 unspecified atom stereocenters. The van der Waals surface area contributed by atoms with Gasteiger partial charge in [0.2, 0.25) is 5.91 Å². The average Bonchev–Trinajstić information content (AvgIpc) is 3.26. The molecule has 1 aromatic heterocycles. The fourth-order valence-corrected chi connectivity index (χ4v) is 5.21. The van der Waals surface area contributed by atoms with Gasteiger partial charge in [0.15, 0.2) is 0 Å². The molecule has 2 fully saturated rings. The van der Waals surface area contributed by atoms with Crippen LogP contribution in [0.2, 0.25) is 5.02 Å². The number of piperazine rings is 1. The van der Waals surface area contributed by atoms with Gasteiger partial charge in [-0.1, -0.05) is 25.4 Å². The lowest BCUT2D eigenvalue weighted by atomic mass is 9.84. The summed E-state index contributed by atoms with van der Waals surface area (Å²) < 4.78 is 0. The molecule has 2 N–H and O–H groups in total. The van der Waals surface area contributed by atoms with Crippen LogP contribution in [0.3, 0.4) is 0 Å². The summed E-state index contributed by atoms with van der Waals surface area (Å²) in [6, 6.07) is 7.45. The first-order valence-corrected chi connectivity index (χ1v) is 12.6. The van der Waals surface area contributed by atoms with Crippen LogP contribution in [0.5, 0.6) is 0 Å². The molecule has 0 spiro atoms. The Kier molecular flexibility index (Phi) is 7.94. The van der Waals surface area contributed by atoms with Crippen molar-refractivity contribution in [3.8, 4) is 0 Å². The average molecular weight is 474 g/mol. The predicted molar refractivity (Wildman–Crippen MR) is 133 cm³/mol. The molecule has 2 aromatic rings. The number of aromatic amines is 1. The highest BCUT2D eigenvalue weighted by atomic mass is 35.5. The van der Waals surface area contributed by atoms with Gasteiger partial charge in [0.05, 0.1) is 0 Å². The van der Waals surface area contributed by atoms with Crippen LogP contribution in [-0.2, 0) is 4.79 Å². The zero-order valence-corrected chi connectivity index (χ0v) is 20.5. The van der Waals surface area contributed by atoms with Gasteiger partial charge in [-0.15, -0.1) is 0 Å². The third kappa shape index (κ3) is 5.89. The number of carbonyl (C=O) groups is 2. The lowest BCUT2D eigenvalue weighted by molar-refractivity contribution is -0.126. The number of benzene rings is 1. The molecule has 0 aliphatic carbocycles. The van der Waals surface area contributed by atoms with Crippen molar-refractivity contribution < 1.29 is 9.59 Å². The van der Waals surface area contributed by atoms with Crippen LogP contribution in [0.15, 0.2) is 24.3 Å². The number of H-pyrrole nitrogens is 1. The summed E-state index contributed by atoms with van der Waals surface area (Å²) in [4.78, 5) is 35.7. The molecule has 0 saturated carbocycles. The van der Waals surface area contributed by atoms with E-state index in [0.717, 1.165) is 63.0 Å². The Bertz CT molecular complexity index is 961. The number of nitrogens with zero attached hydrogens (tertiary/aromatic N) is 3. The number of likely N-dealkylation sites (N-methyl/N-ethyl adjacent to an activating group) is 1. The number of hydrogen-bond donors (Lipinski definition) is 2. The molecular formula is C25H36ClN5O2. The summed E-state index contributed by atoms with van der Waals surface area (Å²) in [5, 5.41) is 4.74. The lowest BCUT2D eigenvalue weighted by Gasteiger charge is -2.35. The molecule has 0 bridgehead atoms.